The molecule has 0 nitrogen and oxygen atoms in total. The molecule has 0 aliphatic heterocycles. The van der Waals surface area contributed by atoms with Crippen molar-refractivity contribution in [1.29, 1.82) is 0 Å². The number of hydrogen-bond donors (Lipinski definition) is 0. The van der Waals surface area contributed by atoms with Gasteiger partial charge in [0.05, 0.1) is 0 Å². The van der Waals surface area contributed by atoms with E-state index in [1.54, 1.807) is 6.07 Å². The second kappa shape index (κ2) is 4.78. The Labute approximate surface area is 91.5 Å². The van der Waals surface area contributed by atoms with E-state index in [1.807, 2.05) is 6.07 Å². The van der Waals surface area contributed by atoms with Gasteiger partial charge in [-0.1, -0.05) is 38.3 Å². The van der Waals surface area contributed by atoms with Crippen LogP contribution in [0, 0.1) is 5.82 Å². The molecule has 0 amide bonds. The summed E-state index contributed by atoms with van der Waals surface area (Å²) in [5.74, 6) is 0.476. The molecule has 82 valence electrons. The van der Waals surface area contributed by atoms with E-state index in [0.29, 0.717) is 5.92 Å². The molecule has 0 N–H and O–H groups in total. The van der Waals surface area contributed by atoms with Crippen molar-refractivity contribution in [3.05, 3.63) is 35.1 Å². The van der Waals surface area contributed by atoms with Crippen molar-refractivity contribution in [2.45, 2.75) is 51.4 Å². The highest BCUT2D eigenvalue weighted by molar-refractivity contribution is 5.28. The van der Waals surface area contributed by atoms with Crippen LogP contribution in [-0.4, -0.2) is 0 Å². The van der Waals surface area contributed by atoms with Crippen LogP contribution in [0.5, 0.6) is 0 Å². The summed E-state index contributed by atoms with van der Waals surface area (Å²) in [4.78, 5) is 0. The van der Waals surface area contributed by atoms with Crippen molar-refractivity contribution in [2.75, 3.05) is 0 Å². The Kier molecular flexibility index (Phi) is 3.40. The topological polar surface area (TPSA) is 0 Å². The average molecular weight is 206 g/mol. The molecule has 1 aromatic carbocycles. The van der Waals surface area contributed by atoms with Gasteiger partial charge in [0.25, 0.3) is 0 Å². The van der Waals surface area contributed by atoms with Crippen LogP contribution in [0.3, 0.4) is 0 Å². The second-order valence-corrected chi connectivity index (χ2v) is 4.54. The molecule has 0 bridgehead atoms. The fourth-order valence-electron chi connectivity index (χ4n) is 2.54. The van der Waals surface area contributed by atoms with E-state index in [1.165, 1.54) is 37.7 Å². The maximum Gasteiger partial charge on any atom is 0.126 e. The van der Waals surface area contributed by atoms with Crippen molar-refractivity contribution in [3.8, 4) is 0 Å². The van der Waals surface area contributed by atoms with E-state index < -0.39 is 0 Å². The fourth-order valence-corrected chi connectivity index (χ4v) is 2.54. The Balaban J connectivity index is 2.24. The van der Waals surface area contributed by atoms with Gasteiger partial charge in [0.1, 0.15) is 5.82 Å². The summed E-state index contributed by atoms with van der Waals surface area (Å²) < 4.78 is 13.7. The second-order valence-electron chi connectivity index (χ2n) is 4.54. The van der Waals surface area contributed by atoms with Gasteiger partial charge >= 0.3 is 0 Å². The number of hydrogen-bond acceptors (Lipinski definition) is 0. The van der Waals surface area contributed by atoms with Crippen molar-refractivity contribution in [2.24, 2.45) is 0 Å². The molecule has 1 saturated carbocycles. The first-order valence-electron chi connectivity index (χ1n) is 6.09. The van der Waals surface area contributed by atoms with E-state index >= 15 is 0 Å². The Morgan fingerprint density at radius 2 is 1.93 bits per heavy atom. The van der Waals surface area contributed by atoms with Crippen LogP contribution in [0.4, 0.5) is 4.39 Å². The van der Waals surface area contributed by atoms with Gasteiger partial charge in [0, 0.05) is 0 Å². The number of benzene rings is 1. The van der Waals surface area contributed by atoms with Gasteiger partial charge in [-0.2, -0.15) is 0 Å². The summed E-state index contributed by atoms with van der Waals surface area (Å²) in [6.45, 7) is 2.12. The number of rotatable bonds is 2. The quantitative estimate of drug-likeness (QED) is 0.671. The zero-order chi connectivity index (χ0) is 10.7. The van der Waals surface area contributed by atoms with E-state index in [2.05, 4.69) is 13.0 Å². The molecular weight excluding hydrogens is 187 g/mol. The lowest BCUT2D eigenvalue weighted by atomic mass is 9.83. The van der Waals surface area contributed by atoms with Gasteiger partial charge in [-0.05, 0) is 42.4 Å². The Morgan fingerprint density at radius 1 is 1.20 bits per heavy atom. The van der Waals surface area contributed by atoms with Gasteiger partial charge in [-0.3, -0.25) is 0 Å². The molecule has 1 aliphatic rings. The molecule has 0 aromatic heterocycles. The maximum atomic E-state index is 13.7. The minimum Gasteiger partial charge on any atom is -0.207 e. The Morgan fingerprint density at radius 3 is 2.60 bits per heavy atom. The standard InChI is InChI=1S/C14H19F/c1-2-11-8-9-14(15)13(10-11)12-6-4-3-5-7-12/h8-10,12H,2-7H2,1H3. The summed E-state index contributed by atoms with van der Waals surface area (Å²) in [7, 11) is 0. The first-order valence-corrected chi connectivity index (χ1v) is 6.09. The average Bonchev–Trinajstić information content (AvgIpc) is 2.31. The maximum absolute atomic E-state index is 13.7. The largest absolute Gasteiger partial charge is 0.207 e. The first-order chi connectivity index (χ1) is 7.31. The van der Waals surface area contributed by atoms with Crippen LogP contribution >= 0.6 is 0 Å². The third-order valence-electron chi connectivity index (χ3n) is 3.51. The highest BCUT2D eigenvalue weighted by atomic mass is 19.1. The highest BCUT2D eigenvalue weighted by Gasteiger charge is 2.18. The van der Waals surface area contributed by atoms with Crippen LogP contribution in [0.1, 0.15) is 56.1 Å². The monoisotopic (exact) mass is 206 g/mol. The molecule has 0 spiro atoms. The minimum atomic E-state index is -0.000833. The van der Waals surface area contributed by atoms with Gasteiger partial charge in [0.15, 0.2) is 0 Å². The molecule has 1 aromatic rings. The van der Waals surface area contributed by atoms with Gasteiger partial charge in [-0.25, -0.2) is 4.39 Å². The van der Waals surface area contributed by atoms with Gasteiger partial charge in [0.2, 0.25) is 0 Å². The van der Waals surface area contributed by atoms with E-state index in [9.17, 15) is 4.39 Å². The number of halogens is 1. The molecule has 1 fully saturated rings. The van der Waals surface area contributed by atoms with E-state index in [0.717, 1.165) is 12.0 Å². The normalized spacial score (nSPS) is 18.0. The molecule has 0 unspecified atom stereocenters. The SMILES string of the molecule is CCc1ccc(F)c(C2CCCCC2)c1. The van der Waals surface area contributed by atoms with Crippen molar-refractivity contribution in [1.82, 2.24) is 0 Å². The zero-order valence-electron chi connectivity index (χ0n) is 9.43. The number of aryl methyl sites for hydroxylation is 1. The van der Waals surface area contributed by atoms with Crippen LogP contribution in [0.2, 0.25) is 0 Å². The van der Waals surface area contributed by atoms with Crippen LogP contribution in [-0.2, 0) is 6.42 Å². The molecule has 2 rings (SSSR count). The predicted molar refractivity (Wildman–Crippen MR) is 61.6 cm³/mol. The lowest BCUT2D eigenvalue weighted by Crippen LogP contribution is -2.07. The third-order valence-corrected chi connectivity index (χ3v) is 3.51. The fraction of sp³-hybridized carbons (Fsp3) is 0.571. The summed E-state index contributed by atoms with van der Waals surface area (Å²) >= 11 is 0. The van der Waals surface area contributed by atoms with Crippen LogP contribution < -0.4 is 0 Å². The van der Waals surface area contributed by atoms with Crippen LogP contribution in [0.25, 0.3) is 0 Å². The lowest BCUT2D eigenvalue weighted by molar-refractivity contribution is 0.429. The van der Waals surface area contributed by atoms with E-state index in [4.69, 9.17) is 0 Å². The summed E-state index contributed by atoms with van der Waals surface area (Å²) in [5.41, 5.74) is 2.23. The van der Waals surface area contributed by atoms with Gasteiger partial charge < -0.3 is 0 Å². The van der Waals surface area contributed by atoms with Crippen molar-refractivity contribution >= 4 is 0 Å². The molecule has 0 heterocycles. The zero-order valence-corrected chi connectivity index (χ0v) is 9.43. The summed E-state index contributed by atoms with van der Waals surface area (Å²) in [6, 6.07) is 5.62. The lowest BCUT2D eigenvalue weighted by Gasteiger charge is -2.22. The Bertz CT molecular complexity index is 324. The highest BCUT2D eigenvalue weighted by Crippen LogP contribution is 2.34. The molecule has 1 aliphatic carbocycles. The Hall–Kier alpha value is -0.850. The van der Waals surface area contributed by atoms with Crippen LogP contribution in [0.15, 0.2) is 18.2 Å². The van der Waals surface area contributed by atoms with Crippen molar-refractivity contribution < 1.29 is 4.39 Å². The first kappa shape index (κ1) is 10.7. The smallest absolute Gasteiger partial charge is 0.126 e. The van der Waals surface area contributed by atoms with Crippen molar-refractivity contribution in [3.63, 3.8) is 0 Å². The van der Waals surface area contributed by atoms with Gasteiger partial charge in [-0.15, -0.1) is 0 Å². The summed E-state index contributed by atoms with van der Waals surface area (Å²) in [5, 5.41) is 0. The molecular formula is C14H19F. The summed E-state index contributed by atoms with van der Waals surface area (Å²) in [6.07, 6.45) is 7.20. The molecule has 15 heavy (non-hydrogen) atoms. The molecule has 1 heteroatoms. The molecule has 0 radical (unpaired) electrons. The van der Waals surface area contributed by atoms with E-state index in [-0.39, 0.29) is 5.82 Å². The molecule has 0 saturated heterocycles. The third kappa shape index (κ3) is 2.39. The predicted octanol–water partition coefficient (Wildman–Crippen LogP) is 4.44. The minimum absolute atomic E-state index is 0.000833. The molecule has 0 atom stereocenters.